The van der Waals surface area contributed by atoms with Gasteiger partial charge in [-0.2, -0.15) is 5.10 Å². The number of piperidine rings is 1. The Morgan fingerprint density at radius 1 is 1.30 bits per heavy atom. The fraction of sp³-hybridized carbons (Fsp3) is 0.556. The molecule has 1 aromatic rings. The van der Waals surface area contributed by atoms with Crippen LogP contribution >= 0.6 is 0 Å². The van der Waals surface area contributed by atoms with Crippen molar-refractivity contribution in [2.45, 2.75) is 26.2 Å². The molecule has 23 heavy (non-hydrogen) atoms. The van der Waals surface area contributed by atoms with Crippen molar-refractivity contribution < 1.29 is 4.79 Å². The molecule has 126 valence electrons. The molecule has 2 rings (SSSR count). The van der Waals surface area contributed by atoms with Gasteiger partial charge in [0.15, 0.2) is 0 Å². The second-order valence-electron chi connectivity index (χ2n) is 6.55. The maximum Gasteiger partial charge on any atom is 0.241 e. The number of hydrazone groups is 1. The quantitative estimate of drug-likeness (QED) is 0.647. The van der Waals surface area contributed by atoms with Crippen molar-refractivity contribution >= 4 is 17.8 Å². The molecule has 1 N–H and O–H groups in total. The number of carbonyl (C=O) groups excluding carboxylic acids is 1. The van der Waals surface area contributed by atoms with E-state index in [4.69, 9.17) is 0 Å². The van der Waals surface area contributed by atoms with Crippen LogP contribution in [0.4, 0.5) is 5.69 Å². The fourth-order valence-corrected chi connectivity index (χ4v) is 2.64. The van der Waals surface area contributed by atoms with E-state index in [9.17, 15) is 4.79 Å². The molecule has 0 atom stereocenters. The second kappa shape index (κ2) is 8.67. The lowest BCUT2D eigenvalue weighted by atomic mass is 9.99. The van der Waals surface area contributed by atoms with Gasteiger partial charge in [0.05, 0.1) is 6.21 Å². The topological polar surface area (TPSA) is 47.9 Å². The van der Waals surface area contributed by atoms with Crippen LogP contribution in [0.3, 0.4) is 0 Å². The number of anilines is 1. The minimum atomic E-state index is -0.0233. The van der Waals surface area contributed by atoms with Crippen LogP contribution in [-0.2, 0) is 4.79 Å². The van der Waals surface area contributed by atoms with E-state index < -0.39 is 0 Å². The van der Waals surface area contributed by atoms with Gasteiger partial charge in [0.1, 0.15) is 0 Å². The van der Waals surface area contributed by atoms with Gasteiger partial charge in [-0.1, -0.05) is 19.1 Å². The Kier molecular flexibility index (Phi) is 6.59. The summed E-state index contributed by atoms with van der Waals surface area (Å²) in [5, 5.41) is 4.04. The van der Waals surface area contributed by atoms with Crippen LogP contribution in [0.5, 0.6) is 0 Å². The molecule has 1 heterocycles. The maximum atomic E-state index is 11.8. The molecular weight excluding hydrogens is 288 g/mol. The third-order valence-corrected chi connectivity index (χ3v) is 4.34. The molecule has 1 amide bonds. The molecule has 0 aromatic heterocycles. The zero-order valence-corrected chi connectivity index (χ0v) is 14.5. The summed E-state index contributed by atoms with van der Waals surface area (Å²) >= 11 is 0. The molecular formula is C18H28N4O. The molecule has 0 unspecified atom stereocenters. The third-order valence-electron chi connectivity index (χ3n) is 4.34. The summed E-state index contributed by atoms with van der Waals surface area (Å²) < 4.78 is 0. The zero-order chi connectivity index (χ0) is 16.7. The first kappa shape index (κ1) is 17.5. The Bertz CT molecular complexity index is 516. The van der Waals surface area contributed by atoms with E-state index in [2.05, 4.69) is 22.4 Å². The van der Waals surface area contributed by atoms with Crippen LogP contribution < -0.4 is 10.3 Å². The number of amides is 1. The van der Waals surface area contributed by atoms with Crippen LogP contribution in [0.1, 0.15) is 31.7 Å². The Balaban J connectivity index is 1.69. The number of likely N-dealkylation sites (tertiary alicyclic amines) is 1. The highest BCUT2D eigenvalue weighted by atomic mass is 16.2. The highest BCUT2D eigenvalue weighted by molar-refractivity contribution is 5.82. The molecule has 1 fully saturated rings. The van der Waals surface area contributed by atoms with E-state index in [0.29, 0.717) is 6.42 Å². The standard InChI is InChI=1S/C18H28N4O/c1-15-8-11-22(12-9-15)13-10-18(23)20-19-14-16-4-6-17(7-5-16)21(2)3/h4-7,14-15H,8-13H2,1-3H3,(H,20,23)/b19-14-. The SMILES string of the molecule is CC1CCN(CCC(=O)N/N=C\c2ccc(N(C)C)cc2)CC1. The van der Waals surface area contributed by atoms with Gasteiger partial charge in [-0.3, -0.25) is 4.79 Å². The van der Waals surface area contributed by atoms with Crippen molar-refractivity contribution in [3.63, 3.8) is 0 Å². The monoisotopic (exact) mass is 316 g/mol. The van der Waals surface area contributed by atoms with Gasteiger partial charge in [-0.25, -0.2) is 5.43 Å². The second-order valence-corrected chi connectivity index (χ2v) is 6.55. The third kappa shape index (κ3) is 6.02. The lowest BCUT2D eigenvalue weighted by molar-refractivity contribution is -0.121. The highest BCUT2D eigenvalue weighted by Crippen LogP contribution is 2.15. The van der Waals surface area contributed by atoms with Crippen molar-refractivity contribution in [2.75, 3.05) is 38.6 Å². The molecule has 5 nitrogen and oxygen atoms in total. The van der Waals surface area contributed by atoms with E-state index in [-0.39, 0.29) is 5.91 Å². The summed E-state index contributed by atoms with van der Waals surface area (Å²) in [5.74, 6) is 0.799. The minimum Gasteiger partial charge on any atom is -0.378 e. The molecule has 1 aliphatic heterocycles. The Hall–Kier alpha value is -1.88. The van der Waals surface area contributed by atoms with Crippen molar-refractivity contribution in [3.8, 4) is 0 Å². The first-order chi connectivity index (χ1) is 11.0. The number of carbonyl (C=O) groups is 1. The van der Waals surface area contributed by atoms with Crippen LogP contribution in [0.2, 0.25) is 0 Å². The summed E-state index contributed by atoms with van der Waals surface area (Å²) in [4.78, 5) is 16.2. The number of rotatable bonds is 6. The predicted molar refractivity (Wildman–Crippen MR) is 96.0 cm³/mol. The summed E-state index contributed by atoms with van der Waals surface area (Å²) in [6.07, 6.45) is 4.66. The molecule has 0 bridgehead atoms. The fourth-order valence-electron chi connectivity index (χ4n) is 2.64. The highest BCUT2D eigenvalue weighted by Gasteiger charge is 2.15. The number of benzene rings is 1. The largest absolute Gasteiger partial charge is 0.378 e. The van der Waals surface area contributed by atoms with Crippen LogP contribution in [0.25, 0.3) is 0 Å². The molecule has 1 aliphatic rings. The molecule has 0 saturated carbocycles. The van der Waals surface area contributed by atoms with Crippen LogP contribution in [0.15, 0.2) is 29.4 Å². The summed E-state index contributed by atoms with van der Waals surface area (Å²) in [6.45, 7) is 5.33. The van der Waals surface area contributed by atoms with Gasteiger partial charge in [0.25, 0.3) is 0 Å². The van der Waals surface area contributed by atoms with Gasteiger partial charge in [-0.05, 0) is 49.5 Å². The smallest absolute Gasteiger partial charge is 0.241 e. The van der Waals surface area contributed by atoms with Gasteiger partial charge in [0, 0.05) is 32.7 Å². The Morgan fingerprint density at radius 2 is 1.96 bits per heavy atom. The Labute approximate surface area is 139 Å². The molecule has 1 aromatic carbocycles. The zero-order valence-electron chi connectivity index (χ0n) is 14.5. The van der Waals surface area contributed by atoms with Crippen molar-refractivity contribution in [2.24, 2.45) is 11.0 Å². The van der Waals surface area contributed by atoms with E-state index in [1.54, 1.807) is 6.21 Å². The maximum absolute atomic E-state index is 11.8. The lowest BCUT2D eigenvalue weighted by Gasteiger charge is -2.29. The number of nitrogens with zero attached hydrogens (tertiary/aromatic N) is 3. The summed E-state index contributed by atoms with van der Waals surface area (Å²) in [6, 6.07) is 8.03. The van der Waals surface area contributed by atoms with Crippen molar-refractivity contribution in [1.29, 1.82) is 0 Å². The first-order valence-electron chi connectivity index (χ1n) is 8.36. The molecule has 0 aliphatic carbocycles. The average Bonchev–Trinajstić information content (AvgIpc) is 2.55. The number of hydrogen-bond acceptors (Lipinski definition) is 4. The Morgan fingerprint density at radius 3 is 2.57 bits per heavy atom. The summed E-state index contributed by atoms with van der Waals surface area (Å²) in [5.41, 5.74) is 4.72. The van der Waals surface area contributed by atoms with E-state index in [0.717, 1.165) is 36.8 Å². The van der Waals surface area contributed by atoms with E-state index in [1.165, 1.54) is 12.8 Å². The molecule has 5 heteroatoms. The van der Waals surface area contributed by atoms with Gasteiger partial charge in [0.2, 0.25) is 5.91 Å². The first-order valence-corrected chi connectivity index (χ1v) is 8.36. The van der Waals surface area contributed by atoms with Gasteiger partial charge in [-0.15, -0.1) is 0 Å². The molecule has 1 saturated heterocycles. The van der Waals surface area contributed by atoms with Crippen molar-refractivity contribution in [1.82, 2.24) is 10.3 Å². The van der Waals surface area contributed by atoms with E-state index >= 15 is 0 Å². The van der Waals surface area contributed by atoms with Crippen molar-refractivity contribution in [3.05, 3.63) is 29.8 Å². The average molecular weight is 316 g/mol. The van der Waals surface area contributed by atoms with Gasteiger partial charge >= 0.3 is 0 Å². The number of nitrogens with one attached hydrogen (secondary N) is 1. The molecule has 0 spiro atoms. The minimum absolute atomic E-state index is 0.0233. The predicted octanol–water partition coefficient (Wildman–Crippen LogP) is 2.32. The van der Waals surface area contributed by atoms with Gasteiger partial charge < -0.3 is 9.80 Å². The molecule has 0 radical (unpaired) electrons. The lowest BCUT2D eigenvalue weighted by Crippen LogP contribution is -2.35. The van der Waals surface area contributed by atoms with Crippen LogP contribution in [-0.4, -0.2) is 50.8 Å². The van der Waals surface area contributed by atoms with E-state index in [1.807, 2.05) is 43.3 Å². The number of hydrogen-bond donors (Lipinski definition) is 1. The normalized spacial score (nSPS) is 16.7. The summed E-state index contributed by atoms with van der Waals surface area (Å²) in [7, 11) is 4.01. The van der Waals surface area contributed by atoms with Crippen LogP contribution in [0, 0.1) is 5.92 Å².